The molecule has 1 aliphatic carbocycles. The minimum Gasteiger partial charge on any atom is -0.366 e. The van der Waals surface area contributed by atoms with Crippen LogP contribution in [0.2, 0.25) is 5.02 Å². The van der Waals surface area contributed by atoms with Crippen LogP contribution in [0.1, 0.15) is 43.4 Å². The Morgan fingerprint density at radius 2 is 2.00 bits per heavy atom. The highest BCUT2D eigenvalue weighted by Crippen LogP contribution is 2.40. The van der Waals surface area contributed by atoms with E-state index in [9.17, 15) is 4.79 Å². The molecule has 1 N–H and O–H groups in total. The monoisotopic (exact) mass is 489 g/mol. The molecule has 1 aliphatic heterocycles. The number of hydrogen-bond acceptors (Lipinski definition) is 6. The van der Waals surface area contributed by atoms with E-state index in [2.05, 4.69) is 37.8 Å². The molecule has 2 fully saturated rings. The number of amides is 1. The number of imidazole rings is 1. The lowest BCUT2D eigenvalue weighted by atomic mass is 9.84. The molecule has 1 aromatic carbocycles. The predicted octanol–water partition coefficient (Wildman–Crippen LogP) is 4.35. The van der Waals surface area contributed by atoms with Crippen molar-refractivity contribution in [3.8, 4) is 0 Å². The Kier molecular flexibility index (Phi) is 5.76. The molecule has 1 amide bonds. The van der Waals surface area contributed by atoms with E-state index in [1.54, 1.807) is 12.7 Å². The number of carbonyl (C=O) groups is 1. The summed E-state index contributed by atoms with van der Waals surface area (Å²) in [5, 5.41) is 1.65. The van der Waals surface area contributed by atoms with Crippen molar-refractivity contribution in [1.29, 1.82) is 0 Å². The molecule has 8 nitrogen and oxygen atoms in total. The van der Waals surface area contributed by atoms with E-state index in [0.717, 1.165) is 72.4 Å². The zero-order valence-electron chi connectivity index (χ0n) is 19.7. The lowest BCUT2D eigenvalue weighted by molar-refractivity contribution is -0.138. The van der Waals surface area contributed by atoms with Crippen molar-refractivity contribution in [2.24, 2.45) is 5.92 Å². The zero-order chi connectivity index (χ0) is 23.9. The Balaban J connectivity index is 1.34. The van der Waals surface area contributed by atoms with Crippen molar-refractivity contribution in [2.45, 2.75) is 38.5 Å². The maximum Gasteiger partial charge on any atom is 0.225 e. The van der Waals surface area contributed by atoms with Gasteiger partial charge in [0.15, 0.2) is 5.65 Å². The lowest BCUT2D eigenvalue weighted by Crippen LogP contribution is -2.51. The Hall–Kier alpha value is -3.26. The van der Waals surface area contributed by atoms with Crippen LogP contribution in [0, 0.1) is 5.92 Å². The number of aromatic amines is 1. The predicted molar refractivity (Wildman–Crippen MR) is 137 cm³/mol. The molecule has 4 aromatic rings. The van der Waals surface area contributed by atoms with Gasteiger partial charge in [0.25, 0.3) is 0 Å². The van der Waals surface area contributed by atoms with E-state index in [-0.39, 0.29) is 11.8 Å². The summed E-state index contributed by atoms with van der Waals surface area (Å²) in [6.07, 6.45) is 9.02. The van der Waals surface area contributed by atoms with Crippen LogP contribution in [0.4, 0.5) is 5.69 Å². The summed E-state index contributed by atoms with van der Waals surface area (Å²) in [6, 6.07) is 6.03. The molecular formula is C26H28ClN7O. The normalized spacial score (nSPS) is 17.7. The molecule has 35 heavy (non-hydrogen) atoms. The number of aromatic nitrogens is 5. The molecule has 3 aromatic heterocycles. The third-order valence-corrected chi connectivity index (χ3v) is 7.85. The number of benzene rings is 1. The number of halogens is 1. The third kappa shape index (κ3) is 3.99. The average molecular weight is 490 g/mol. The smallest absolute Gasteiger partial charge is 0.225 e. The number of rotatable bonds is 5. The number of carbonyl (C=O) groups excluding carboxylic acids is 1. The van der Waals surface area contributed by atoms with Crippen molar-refractivity contribution in [1.82, 2.24) is 29.8 Å². The number of hydrogen-bond donors (Lipinski definition) is 1. The first kappa shape index (κ1) is 22.2. The van der Waals surface area contributed by atoms with E-state index < -0.39 is 0 Å². The second-order valence-electron chi connectivity index (χ2n) is 9.66. The first-order valence-electron chi connectivity index (χ1n) is 12.3. The summed E-state index contributed by atoms with van der Waals surface area (Å²) in [7, 11) is 0. The summed E-state index contributed by atoms with van der Waals surface area (Å²) in [4.78, 5) is 38.2. The number of fused-ring (bicyclic) bond motifs is 2. The van der Waals surface area contributed by atoms with E-state index >= 15 is 0 Å². The molecule has 2 aliphatic rings. The van der Waals surface area contributed by atoms with Crippen LogP contribution in [-0.4, -0.2) is 61.9 Å². The first-order valence-corrected chi connectivity index (χ1v) is 12.7. The topological polar surface area (TPSA) is 90.9 Å². The summed E-state index contributed by atoms with van der Waals surface area (Å²) in [6.45, 7) is 5.24. The third-order valence-electron chi connectivity index (χ3n) is 7.54. The number of pyridine rings is 1. The van der Waals surface area contributed by atoms with Crippen LogP contribution >= 0.6 is 11.6 Å². The summed E-state index contributed by atoms with van der Waals surface area (Å²) in [5.74, 6) is 0.697. The molecule has 0 radical (unpaired) electrons. The largest absolute Gasteiger partial charge is 0.366 e. The van der Waals surface area contributed by atoms with Crippen LogP contribution in [-0.2, 0) is 11.2 Å². The molecule has 1 unspecified atom stereocenters. The maximum atomic E-state index is 12.8. The van der Waals surface area contributed by atoms with Gasteiger partial charge in [-0.25, -0.2) is 15.0 Å². The van der Waals surface area contributed by atoms with E-state index in [1.807, 2.05) is 23.2 Å². The summed E-state index contributed by atoms with van der Waals surface area (Å²) in [5.41, 5.74) is 5.64. The van der Waals surface area contributed by atoms with Gasteiger partial charge in [-0.1, -0.05) is 24.9 Å². The highest BCUT2D eigenvalue weighted by molar-refractivity contribution is 6.36. The minimum atomic E-state index is 0.130. The maximum absolute atomic E-state index is 12.8. The molecule has 1 atom stereocenters. The molecule has 9 heteroatoms. The fraction of sp³-hybridized carbons (Fsp3) is 0.423. The van der Waals surface area contributed by atoms with Gasteiger partial charge in [-0.2, -0.15) is 0 Å². The molecule has 1 saturated carbocycles. The van der Waals surface area contributed by atoms with Crippen LogP contribution in [0.5, 0.6) is 0 Å². The number of anilines is 1. The molecule has 0 spiro atoms. The Bertz CT molecular complexity index is 1390. The van der Waals surface area contributed by atoms with Crippen molar-refractivity contribution < 1.29 is 4.79 Å². The van der Waals surface area contributed by atoms with Gasteiger partial charge in [0.2, 0.25) is 5.91 Å². The lowest BCUT2D eigenvalue weighted by Gasteiger charge is -2.40. The van der Waals surface area contributed by atoms with Gasteiger partial charge < -0.3 is 14.8 Å². The average Bonchev–Trinajstić information content (AvgIpc) is 3.33. The molecular weight excluding hydrogens is 462 g/mol. The second kappa shape index (κ2) is 9.07. The van der Waals surface area contributed by atoms with Gasteiger partial charge in [-0.3, -0.25) is 9.78 Å². The molecule has 0 bridgehead atoms. The number of nitrogens with one attached hydrogen (secondary N) is 1. The van der Waals surface area contributed by atoms with Gasteiger partial charge >= 0.3 is 0 Å². The van der Waals surface area contributed by atoms with Crippen molar-refractivity contribution in [2.75, 3.05) is 31.1 Å². The van der Waals surface area contributed by atoms with Gasteiger partial charge in [0, 0.05) is 43.7 Å². The van der Waals surface area contributed by atoms with Crippen molar-refractivity contribution >= 4 is 45.3 Å². The summed E-state index contributed by atoms with van der Waals surface area (Å²) >= 11 is 6.77. The van der Waals surface area contributed by atoms with E-state index in [0.29, 0.717) is 23.0 Å². The zero-order valence-corrected chi connectivity index (χ0v) is 20.5. The standard InChI is InChI=1S/C26H28ClN7O/c1-16(12-21-23-25(31-14-29-21)32-15-30-23)19-13-20(27)18-6-3-7-28-22(18)24(19)33-8-10-34(11-9-33)26(35)17-4-2-5-17/h3,6-7,13-17H,2,4-5,8-12H2,1H3,(H,29,30,31,32). The van der Waals surface area contributed by atoms with Gasteiger partial charge in [0.1, 0.15) is 11.8 Å². The highest BCUT2D eigenvalue weighted by atomic mass is 35.5. The first-order chi connectivity index (χ1) is 17.1. The molecule has 180 valence electrons. The van der Waals surface area contributed by atoms with Crippen molar-refractivity contribution in [3.05, 3.63) is 53.3 Å². The minimum absolute atomic E-state index is 0.130. The van der Waals surface area contributed by atoms with Crippen LogP contribution in [0.25, 0.3) is 22.1 Å². The van der Waals surface area contributed by atoms with Gasteiger partial charge in [-0.15, -0.1) is 0 Å². The van der Waals surface area contributed by atoms with Crippen molar-refractivity contribution in [3.63, 3.8) is 0 Å². The van der Waals surface area contributed by atoms with Gasteiger partial charge in [-0.05, 0) is 48.9 Å². The number of piperazine rings is 1. The quantitative estimate of drug-likeness (QED) is 0.448. The molecule has 4 heterocycles. The van der Waals surface area contributed by atoms with E-state index in [1.165, 1.54) is 6.42 Å². The Morgan fingerprint density at radius 3 is 2.77 bits per heavy atom. The number of nitrogens with zero attached hydrogens (tertiary/aromatic N) is 6. The molecule has 1 saturated heterocycles. The SMILES string of the molecule is CC(Cc1ncnc2nc[nH]c12)c1cc(Cl)c2cccnc2c1N1CCN(C(=O)C2CCC2)CC1. The number of H-pyrrole nitrogens is 1. The Morgan fingerprint density at radius 1 is 1.17 bits per heavy atom. The second-order valence-corrected chi connectivity index (χ2v) is 10.1. The van der Waals surface area contributed by atoms with E-state index in [4.69, 9.17) is 16.6 Å². The van der Waals surface area contributed by atoms with Crippen LogP contribution < -0.4 is 4.90 Å². The van der Waals surface area contributed by atoms with Crippen LogP contribution in [0.3, 0.4) is 0 Å². The summed E-state index contributed by atoms with van der Waals surface area (Å²) < 4.78 is 0. The van der Waals surface area contributed by atoms with Crippen LogP contribution in [0.15, 0.2) is 37.1 Å². The van der Waals surface area contributed by atoms with Gasteiger partial charge in [0.05, 0.1) is 28.2 Å². The molecule has 6 rings (SSSR count). The Labute approximate surface area is 208 Å². The fourth-order valence-corrected chi connectivity index (χ4v) is 5.62. The fourth-order valence-electron chi connectivity index (χ4n) is 5.35. The highest BCUT2D eigenvalue weighted by Gasteiger charge is 2.32.